The van der Waals surface area contributed by atoms with Gasteiger partial charge in [-0.2, -0.15) is 0 Å². The van der Waals surface area contributed by atoms with Crippen LogP contribution in [0.25, 0.3) is 0 Å². The fourth-order valence-corrected chi connectivity index (χ4v) is 5.22. The third kappa shape index (κ3) is 4.08. The maximum absolute atomic E-state index is 12.5. The van der Waals surface area contributed by atoms with Crippen LogP contribution in [0.2, 0.25) is 0 Å². The number of piperazine rings is 1. The van der Waals surface area contributed by atoms with Gasteiger partial charge in [-0.15, -0.1) is 0 Å². The fraction of sp³-hybridized carbons (Fsp3) is 0.625. The highest BCUT2D eigenvalue weighted by atomic mass is 16.6. The first-order chi connectivity index (χ1) is 15.2. The van der Waals surface area contributed by atoms with E-state index in [-0.39, 0.29) is 23.8 Å². The maximum atomic E-state index is 12.5. The van der Waals surface area contributed by atoms with Crippen molar-refractivity contribution in [3.63, 3.8) is 0 Å². The van der Waals surface area contributed by atoms with Crippen LogP contribution in [0.15, 0.2) is 24.3 Å². The summed E-state index contributed by atoms with van der Waals surface area (Å²) < 4.78 is 5.57. The summed E-state index contributed by atoms with van der Waals surface area (Å²) in [5.74, 6) is -0.610. The van der Waals surface area contributed by atoms with Crippen LogP contribution in [0.4, 0.5) is 10.5 Å². The Morgan fingerprint density at radius 3 is 2.44 bits per heavy atom. The highest BCUT2D eigenvalue weighted by molar-refractivity contribution is 6.00. The number of imide groups is 1. The number of hydrogen-bond donors (Lipinski definition) is 1. The molecule has 0 aromatic heterocycles. The van der Waals surface area contributed by atoms with Crippen molar-refractivity contribution in [2.45, 2.75) is 69.7 Å². The summed E-state index contributed by atoms with van der Waals surface area (Å²) in [4.78, 5) is 42.8. The molecule has 1 saturated carbocycles. The Morgan fingerprint density at radius 1 is 1.06 bits per heavy atom. The number of hydrogen-bond acceptors (Lipinski definition) is 6. The Labute approximate surface area is 188 Å². The minimum absolute atomic E-state index is 0.181. The SMILES string of the molecule is CC(C)(C)OC(=O)N1CCN(C2CN(c3ccc(C4CCC(=O)NC4=O)cc3)C2)[C@H]2C[C@H]21. The van der Waals surface area contributed by atoms with E-state index in [2.05, 4.69) is 27.2 Å². The van der Waals surface area contributed by atoms with Crippen LogP contribution in [0.3, 0.4) is 0 Å². The maximum Gasteiger partial charge on any atom is 0.410 e. The van der Waals surface area contributed by atoms with E-state index < -0.39 is 5.60 Å². The van der Waals surface area contributed by atoms with E-state index in [1.807, 2.05) is 37.8 Å². The lowest BCUT2D eigenvalue weighted by atomic mass is 9.90. The standard InChI is InChI=1S/C24H32N4O4/c1-24(2,3)32-23(31)28-11-10-27(19-12-20(19)28)17-13-26(14-17)16-6-4-15(5-7-16)18-8-9-21(29)25-22(18)30/h4-7,17-20H,8-14H2,1-3H3,(H,25,29,30)/t18?,19-,20+/m0/s1. The second-order valence-corrected chi connectivity index (χ2v) is 10.4. The van der Waals surface area contributed by atoms with E-state index in [0.717, 1.165) is 43.9 Å². The molecule has 3 saturated heterocycles. The monoisotopic (exact) mass is 440 g/mol. The average molecular weight is 441 g/mol. The van der Waals surface area contributed by atoms with Crippen molar-refractivity contribution in [1.82, 2.24) is 15.1 Å². The molecule has 0 radical (unpaired) electrons. The van der Waals surface area contributed by atoms with Gasteiger partial charge in [-0.3, -0.25) is 19.8 Å². The molecule has 3 aliphatic heterocycles. The van der Waals surface area contributed by atoms with E-state index in [1.165, 1.54) is 0 Å². The summed E-state index contributed by atoms with van der Waals surface area (Å²) in [5, 5.41) is 2.43. The zero-order chi connectivity index (χ0) is 22.6. The Morgan fingerprint density at radius 2 is 1.78 bits per heavy atom. The van der Waals surface area contributed by atoms with E-state index in [4.69, 9.17) is 4.74 Å². The molecule has 8 nitrogen and oxygen atoms in total. The molecule has 0 spiro atoms. The molecule has 3 heterocycles. The lowest BCUT2D eigenvalue weighted by Gasteiger charge is -2.49. The smallest absolute Gasteiger partial charge is 0.410 e. The van der Waals surface area contributed by atoms with E-state index in [0.29, 0.717) is 31.0 Å². The quantitative estimate of drug-likeness (QED) is 0.725. The number of ether oxygens (including phenoxy) is 1. The largest absolute Gasteiger partial charge is 0.444 e. The Kier molecular flexibility index (Phi) is 5.15. The lowest BCUT2D eigenvalue weighted by Crippen LogP contribution is -2.63. The topological polar surface area (TPSA) is 82.2 Å². The van der Waals surface area contributed by atoms with Gasteiger partial charge in [0, 0.05) is 50.4 Å². The number of rotatable bonds is 3. The summed E-state index contributed by atoms with van der Waals surface area (Å²) in [6.07, 6.45) is 1.83. The number of fused-ring (bicyclic) bond motifs is 1. The van der Waals surface area contributed by atoms with Crippen molar-refractivity contribution in [1.29, 1.82) is 0 Å². The minimum atomic E-state index is -0.458. The molecule has 5 rings (SSSR count). The van der Waals surface area contributed by atoms with E-state index >= 15 is 0 Å². The Balaban J connectivity index is 1.13. The van der Waals surface area contributed by atoms with Crippen LogP contribution < -0.4 is 10.2 Å². The number of benzene rings is 1. The highest BCUT2D eigenvalue weighted by Gasteiger charge is 2.54. The summed E-state index contributed by atoms with van der Waals surface area (Å²) >= 11 is 0. The molecule has 1 N–H and O–H groups in total. The van der Waals surface area contributed by atoms with Crippen molar-refractivity contribution in [3.05, 3.63) is 29.8 Å². The fourth-order valence-electron chi connectivity index (χ4n) is 5.22. The number of nitrogens with one attached hydrogen (secondary N) is 1. The molecule has 1 aromatic rings. The normalized spacial score (nSPS) is 28.7. The van der Waals surface area contributed by atoms with E-state index in [9.17, 15) is 14.4 Å². The Bertz CT molecular complexity index is 919. The predicted octanol–water partition coefficient (Wildman–Crippen LogP) is 2.09. The molecular weight excluding hydrogens is 408 g/mol. The Hall–Kier alpha value is -2.61. The van der Waals surface area contributed by atoms with Crippen LogP contribution >= 0.6 is 0 Å². The predicted molar refractivity (Wildman–Crippen MR) is 119 cm³/mol. The second-order valence-electron chi connectivity index (χ2n) is 10.4. The molecule has 172 valence electrons. The summed E-state index contributed by atoms with van der Waals surface area (Å²) in [6, 6.07) is 9.45. The molecule has 8 heteroatoms. The zero-order valence-electron chi connectivity index (χ0n) is 19.0. The number of carbonyl (C=O) groups is 3. The average Bonchev–Trinajstić information content (AvgIpc) is 3.47. The molecule has 4 aliphatic rings. The van der Waals surface area contributed by atoms with Gasteiger partial charge in [-0.25, -0.2) is 4.79 Å². The van der Waals surface area contributed by atoms with Gasteiger partial charge in [-0.1, -0.05) is 12.1 Å². The highest BCUT2D eigenvalue weighted by Crippen LogP contribution is 2.40. The van der Waals surface area contributed by atoms with Gasteiger partial charge in [0.25, 0.3) is 0 Å². The number of amides is 3. The number of carbonyl (C=O) groups excluding carboxylic acids is 3. The van der Waals surface area contributed by atoms with Crippen molar-refractivity contribution in [3.8, 4) is 0 Å². The molecule has 0 bridgehead atoms. The van der Waals surface area contributed by atoms with Gasteiger partial charge < -0.3 is 14.5 Å². The third-order valence-corrected chi connectivity index (χ3v) is 7.01. The summed E-state index contributed by atoms with van der Waals surface area (Å²) in [7, 11) is 0. The first-order valence-corrected chi connectivity index (χ1v) is 11.6. The zero-order valence-corrected chi connectivity index (χ0v) is 19.0. The van der Waals surface area contributed by atoms with Gasteiger partial charge in [0.1, 0.15) is 5.60 Å². The lowest BCUT2D eigenvalue weighted by molar-refractivity contribution is -0.134. The second kappa shape index (κ2) is 7.76. The van der Waals surface area contributed by atoms with Gasteiger partial charge in [-0.05, 0) is 51.3 Å². The van der Waals surface area contributed by atoms with Gasteiger partial charge in [0.2, 0.25) is 11.8 Å². The number of piperidine rings is 1. The van der Waals surface area contributed by atoms with Crippen molar-refractivity contribution in [2.24, 2.45) is 0 Å². The number of anilines is 1. The van der Waals surface area contributed by atoms with Gasteiger partial charge in [0.15, 0.2) is 0 Å². The van der Waals surface area contributed by atoms with Gasteiger partial charge in [0.05, 0.1) is 12.0 Å². The van der Waals surface area contributed by atoms with Crippen LogP contribution in [0.1, 0.15) is 51.5 Å². The molecule has 1 aliphatic carbocycles. The van der Waals surface area contributed by atoms with Crippen LogP contribution in [0.5, 0.6) is 0 Å². The van der Waals surface area contributed by atoms with Gasteiger partial charge >= 0.3 is 6.09 Å². The van der Waals surface area contributed by atoms with Crippen LogP contribution in [-0.4, -0.2) is 77.6 Å². The first kappa shape index (κ1) is 21.2. The molecule has 3 atom stereocenters. The first-order valence-electron chi connectivity index (χ1n) is 11.6. The summed E-state index contributed by atoms with van der Waals surface area (Å²) in [5.41, 5.74) is 1.67. The molecule has 32 heavy (non-hydrogen) atoms. The molecular formula is C24H32N4O4. The molecule has 1 aromatic carbocycles. The van der Waals surface area contributed by atoms with Crippen molar-refractivity contribution >= 4 is 23.6 Å². The van der Waals surface area contributed by atoms with Crippen molar-refractivity contribution in [2.75, 3.05) is 31.1 Å². The van der Waals surface area contributed by atoms with Crippen molar-refractivity contribution < 1.29 is 19.1 Å². The van der Waals surface area contributed by atoms with E-state index in [1.54, 1.807) is 0 Å². The third-order valence-electron chi connectivity index (χ3n) is 7.01. The molecule has 4 fully saturated rings. The van der Waals surface area contributed by atoms with Crippen LogP contribution in [-0.2, 0) is 14.3 Å². The number of nitrogens with zero attached hydrogens (tertiary/aromatic N) is 3. The molecule has 1 unspecified atom stereocenters. The summed E-state index contributed by atoms with van der Waals surface area (Å²) in [6.45, 7) is 9.31. The molecule has 3 amide bonds. The minimum Gasteiger partial charge on any atom is -0.444 e. The van der Waals surface area contributed by atoms with Crippen LogP contribution in [0, 0.1) is 0 Å².